The fourth-order valence-corrected chi connectivity index (χ4v) is 1.17. The van der Waals surface area contributed by atoms with Gasteiger partial charge >= 0.3 is 0 Å². The zero-order valence-corrected chi connectivity index (χ0v) is 11.2. The fourth-order valence-electron chi connectivity index (χ4n) is 1.17. The minimum absolute atomic E-state index is 0.551. The van der Waals surface area contributed by atoms with Gasteiger partial charge in [-0.3, -0.25) is 0 Å². The molecule has 0 aliphatic heterocycles. The van der Waals surface area contributed by atoms with Gasteiger partial charge in [0.25, 0.3) is 0 Å². The van der Waals surface area contributed by atoms with Gasteiger partial charge < -0.3 is 10.2 Å². The van der Waals surface area contributed by atoms with Gasteiger partial charge in [-0.1, -0.05) is 56.1 Å². The number of hydrogen-bond donors (Lipinski definition) is 2. The van der Waals surface area contributed by atoms with Crippen molar-refractivity contribution in [1.82, 2.24) is 0 Å². The van der Waals surface area contributed by atoms with Gasteiger partial charge in [0.1, 0.15) is 12.2 Å². The first-order chi connectivity index (χ1) is 8.70. The van der Waals surface area contributed by atoms with Gasteiger partial charge in [0, 0.05) is 6.42 Å². The molecule has 0 aromatic heterocycles. The highest BCUT2D eigenvalue weighted by Crippen LogP contribution is 1.93. The zero-order valence-electron chi connectivity index (χ0n) is 11.2. The molecule has 0 aliphatic carbocycles. The highest BCUT2D eigenvalue weighted by molar-refractivity contribution is 5.26. The third-order valence-electron chi connectivity index (χ3n) is 2.07. The molecule has 0 spiro atoms. The van der Waals surface area contributed by atoms with Crippen molar-refractivity contribution >= 4 is 0 Å². The Hall–Kier alpha value is -1.48. The summed E-state index contributed by atoms with van der Waals surface area (Å²) in [4.78, 5) is 0. The van der Waals surface area contributed by atoms with E-state index in [2.05, 4.69) is 23.7 Å². The molecular weight excluding hydrogens is 224 g/mol. The molecule has 2 nitrogen and oxygen atoms in total. The maximum atomic E-state index is 9.46. The van der Waals surface area contributed by atoms with Crippen molar-refractivity contribution in [2.75, 3.05) is 0 Å². The molecule has 2 atom stereocenters. The standard InChI is InChI=1S/C16H22O2/c1-3-5-8-12-16(18)14-10-7-6-9-13-15(17)11-4-2/h5-8,15-18H,3-4,11-12H2,1-2H3/b7-6-,8-5-/t15-,16-/m0/s1. The lowest BCUT2D eigenvalue weighted by Gasteiger charge is -1.96. The average molecular weight is 246 g/mol. The first-order valence-corrected chi connectivity index (χ1v) is 6.38. The highest BCUT2D eigenvalue weighted by Gasteiger charge is 1.93. The first-order valence-electron chi connectivity index (χ1n) is 6.38. The molecule has 18 heavy (non-hydrogen) atoms. The van der Waals surface area contributed by atoms with Crippen LogP contribution in [0, 0.1) is 23.7 Å². The van der Waals surface area contributed by atoms with Gasteiger partial charge in [0.2, 0.25) is 0 Å². The summed E-state index contributed by atoms with van der Waals surface area (Å²) >= 11 is 0. The van der Waals surface area contributed by atoms with Crippen LogP contribution in [0.25, 0.3) is 0 Å². The summed E-state index contributed by atoms with van der Waals surface area (Å²) in [7, 11) is 0. The van der Waals surface area contributed by atoms with Crippen LogP contribution < -0.4 is 0 Å². The lowest BCUT2D eigenvalue weighted by atomic mass is 10.2. The normalized spacial score (nSPS) is 13.8. The van der Waals surface area contributed by atoms with Crippen molar-refractivity contribution in [2.45, 2.75) is 51.7 Å². The van der Waals surface area contributed by atoms with E-state index in [-0.39, 0.29) is 0 Å². The summed E-state index contributed by atoms with van der Waals surface area (Å²) in [5.74, 6) is 10.8. The van der Waals surface area contributed by atoms with Crippen LogP contribution >= 0.6 is 0 Å². The molecule has 0 rings (SSSR count). The Morgan fingerprint density at radius 1 is 0.944 bits per heavy atom. The maximum Gasteiger partial charge on any atom is 0.118 e. The Kier molecular flexibility index (Phi) is 11.0. The SMILES string of the molecule is CC/C=C\C[C@H](O)C#C/C=C\C#C[C@@H](O)CCC. The largest absolute Gasteiger partial charge is 0.380 e. The van der Waals surface area contributed by atoms with E-state index in [0.717, 1.165) is 12.8 Å². The second-order valence-electron chi connectivity index (χ2n) is 3.85. The van der Waals surface area contributed by atoms with Crippen LogP contribution in [-0.2, 0) is 0 Å². The number of hydrogen-bond acceptors (Lipinski definition) is 2. The minimum atomic E-state index is -0.629. The van der Waals surface area contributed by atoms with Crippen LogP contribution in [0.3, 0.4) is 0 Å². The molecule has 2 N–H and O–H groups in total. The Bertz CT molecular complexity index is 371. The molecule has 0 aromatic carbocycles. The summed E-state index contributed by atoms with van der Waals surface area (Å²) < 4.78 is 0. The zero-order chi connectivity index (χ0) is 13.6. The molecule has 0 saturated heterocycles. The summed E-state index contributed by atoms with van der Waals surface area (Å²) in [6.45, 7) is 4.05. The minimum Gasteiger partial charge on any atom is -0.380 e. The quantitative estimate of drug-likeness (QED) is 0.578. The second-order valence-corrected chi connectivity index (χ2v) is 3.85. The summed E-state index contributed by atoms with van der Waals surface area (Å²) in [5.41, 5.74) is 0. The van der Waals surface area contributed by atoms with E-state index in [9.17, 15) is 10.2 Å². The van der Waals surface area contributed by atoms with E-state index in [0.29, 0.717) is 12.8 Å². The van der Waals surface area contributed by atoms with Crippen LogP contribution in [0.5, 0.6) is 0 Å². The third-order valence-corrected chi connectivity index (χ3v) is 2.07. The smallest absolute Gasteiger partial charge is 0.118 e. The first kappa shape index (κ1) is 16.5. The average Bonchev–Trinajstić information content (AvgIpc) is 2.34. The van der Waals surface area contributed by atoms with E-state index in [1.165, 1.54) is 0 Å². The lowest BCUT2D eigenvalue weighted by Crippen LogP contribution is -2.00. The molecule has 0 amide bonds. The maximum absolute atomic E-state index is 9.46. The van der Waals surface area contributed by atoms with Crippen molar-refractivity contribution in [3.8, 4) is 23.7 Å². The van der Waals surface area contributed by atoms with E-state index >= 15 is 0 Å². The Morgan fingerprint density at radius 2 is 1.56 bits per heavy atom. The monoisotopic (exact) mass is 246 g/mol. The Morgan fingerprint density at radius 3 is 2.11 bits per heavy atom. The molecule has 0 saturated carbocycles. The van der Waals surface area contributed by atoms with E-state index in [4.69, 9.17) is 0 Å². The molecule has 0 aliphatic rings. The van der Waals surface area contributed by atoms with Crippen molar-refractivity contribution in [3.63, 3.8) is 0 Å². The Labute approximate surface area is 110 Å². The molecule has 2 heteroatoms. The number of allylic oxidation sites excluding steroid dienone is 3. The topological polar surface area (TPSA) is 40.5 Å². The second kappa shape index (κ2) is 12.0. The van der Waals surface area contributed by atoms with Crippen LogP contribution in [0.4, 0.5) is 0 Å². The van der Waals surface area contributed by atoms with Gasteiger partial charge in [0.15, 0.2) is 0 Å². The van der Waals surface area contributed by atoms with Crippen LogP contribution in [0.1, 0.15) is 39.5 Å². The van der Waals surface area contributed by atoms with Gasteiger partial charge in [-0.05, 0) is 25.0 Å². The highest BCUT2D eigenvalue weighted by atomic mass is 16.3. The van der Waals surface area contributed by atoms with Crippen molar-refractivity contribution < 1.29 is 10.2 Å². The van der Waals surface area contributed by atoms with Crippen LogP contribution in [-0.4, -0.2) is 22.4 Å². The third kappa shape index (κ3) is 11.0. The molecule has 0 bridgehead atoms. The van der Waals surface area contributed by atoms with Crippen LogP contribution in [0.2, 0.25) is 0 Å². The molecule has 0 heterocycles. The fraction of sp³-hybridized carbons (Fsp3) is 0.500. The molecular formula is C16H22O2. The Balaban J connectivity index is 3.97. The van der Waals surface area contributed by atoms with Crippen molar-refractivity contribution in [1.29, 1.82) is 0 Å². The van der Waals surface area contributed by atoms with Gasteiger partial charge in [0.05, 0.1) is 0 Å². The van der Waals surface area contributed by atoms with Crippen LogP contribution in [0.15, 0.2) is 24.3 Å². The lowest BCUT2D eigenvalue weighted by molar-refractivity contribution is 0.221. The number of aliphatic hydroxyl groups is 2. The molecule has 0 unspecified atom stereocenters. The summed E-state index contributed by atoms with van der Waals surface area (Å²) in [5, 5.41) is 18.8. The predicted molar refractivity (Wildman–Crippen MR) is 75.7 cm³/mol. The van der Waals surface area contributed by atoms with Gasteiger partial charge in [-0.15, -0.1) is 0 Å². The van der Waals surface area contributed by atoms with E-state index < -0.39 is 12.2 Å². The van der Waals surface area contributed by atoms with Crippen molar-refractivity contribution in [2.24, 2.45) is 0 Å². The molecule has 0 aromatic rings. The van der Waals surface area contributed by atoms with E-state index in [1.54, 1.807) is 12.2 Å². The summed E-state index contributed by atoms with van der Waals surface area (Å²) in [6.07, 6.45) is 9.02. The van der Waals surface area contributed by atoms with Crippen molar-refractivity contribution in [3.05, 3.63) is 24.3 Å². The number of rotatable bonds is 5. The summed E-state index contributed by atoms with van der Waals surface area (Å²) in [6, 6.07) is 0. The van der Waals surface area contributed by atoms with E-state index in [1.807, 2.05) is 26.0 Å². The predicted octanol–water partition coefficient (Wildman–Crippen LogP) is 2.43. The van der Waals surface area contributed by atoms with Gasteiger partial charge in [-0.25, -0.2) is 0 Å². The molecule has 0 fully saturated rings. The number of aliphatic hydroxyl groups excluding tert-OH is 2. The molecule has 98 valence electrons. The van der Waals surface area contributed by atoms with Gasteiger partial charge in [-0.2, -0.15) is 0 Å². The molecule has 0 radical (unpaired) electrons.